The zero-order chi connectivity index (χ0) is 34.0. The number of hydrogen-bond donors (Lipinski definition) is 3. The smallest absolute Gasteiger partial charge is 0.407 e. The lowest BCUT2D eigenvalue weighted by molar-refractivity contribution is -0.279. The lowest BCUT2D eigenvalue weighted by Crippen LogP contribution is -2.66. The number of rotatable bonds is 18. The first kappa shape index (κ1) is 39.5. The van der Waals surface area contributed by atoms with Gasteiger partial charge in [0.1, 0.15) is 24.4 Å². The Morgan fingerprint density at radius 1 is 0.733 bits per heavy atom. The molecule has 0 aromatic carbocycles. The van der Waals surface area contributed by atoms with Gasteiger partial charge in [-0.1, -0.05) is 0 Å². The van der Waals surface area contributed by atoms with E-state index < -0.39 is 66.2 Å². The Balaban J connectivity index is 2.49. The fraction of sp³-hybridized carbons (Fsp3) is 0.786. The van der Waals surface area contributed by atoms with Crippen molar-refractivity contribution in [2.75, 3.05) is 52.7 Å². The van der Waals surface area contributed by atoms with Crippen LogP contribution in [0.2, 0.25) is 0 Å². The van der Waals surface area contributed by atoms with Gasteiger partial charge in [0.2, 0.25) is 11.8 Å². The van der Waals surface area contributed by atoms with E-state index in [2.05, 4.69) is 16.0 Å². The van der Waals surface area contributed by atoms with Crippen molar-refractivity contribution in [2.45, 2.75) is 91.1 Å². The van der Waals surface area contributed by atoms with E-state index in [4.69, 9.17) is 37.9 Å². The van der Waals surface area contributed by atoms with Crippen LogP contribution in [-0.4, -0.2) is 125 Å². The first-order chi connectivity index (χ1) is 21.1. The van der Waals surface area contributed by atoms with Crippen molar-refractivity contribution in [1.29, 1.82) is 0 Å². The minimum absolute atomic E-state index is 0.0220. The van der Waals surface area contributed by atoms with Crippen molar-refractivity contribution in [3.05, 3.63) is 0 Å². The number of nitrogens with one attached hydrogen (secondary N) is 3. The summed E-state index contributed by atoms with van der Waals surface area (Å²) >= 11 is 0. The first-order valence-corrected chi connectivity index (χ1v) is 14.5. The van der Waals surface area contributed by atoms with E-state index in [0.717, 1.165) is 13.8 Å². The van der Waals surface area contributed by atoms with Crippen LogP contribution in [0.1, 0.15) is 54.9 Å². The number of amides is 3. The third-order valence-corrected chi connectivity index (χ3v) is 5.54. The Labute approximate surface area is 262 Å². The largest absolute Gasteiger partial charge is 0.463 e. The van der Waals surface area contributed by atoms with Crippen LogP contribution in [0.4, 0.5) is 4.79 Å². The van der Waals surface area contributed by atoms with Gasteiger partial charge >= 0.3 is 24.0 Å². The van der Waals surface area contributed by atoms with Crippen LogP contribution in [0.25, 0.3) is 0 Å². The highest BCUT2D eigenvalue weighted by molar-refractivity contribution is 5.76. The second-order valence-corrected chi connectivity index (χ2v) is 10.8. The van der Waals surface area contributed by atoms with E-state index in [-0.39, 0.29) is 65.1 Å². The Morgan fingerprint density at radius 2 is 1.31 bits per heavy atom. The molecule has 1 rings (SSSR count). The van der Waals surface area contributed by atoms with Crippen LogP contribution in [-0.2, 0) is 61.9 Å². The van der Waals surface area contributed by atoms with E-state index in [9.17, 15) is 28.8 Å². The third kappa shape index (κ3) is 18.1. The van der Waals surface area contributed by atoms with Crippen molar-refractivity contribution in [1.82, 2.24) is 16.0 Å². The number of ether oxygens (including phenoxy) is 8. The lowest BCUT2D eigenvalue weighted by Gasteiger charge is -2.44. The Morgan fingerprint density at radius 3 is 1.89 bits per heavy atom. The maximum Gasteiger partial charge on any atom is 0.407 e. The van der Waals surface area contributed by atoms with Gasteiger partial charge in [-0.15, -0.1) is 0 Å². The summed E-state index contributed by atoms with van der Waals surface area (Å²) in [6, 6.07) is -1.08. The van der Waals surface area contributed by atoms with E-state index >= 15 is 0 Å². The van der Waals surface area contributed by atoms with Gasteiger partial charge in [0.05, 0.1) is 33.0 Å². The molecule has 0 aromatic heterocycles. The van der Waals surface area contributed by atoms with E-state index in [0.29, 0.717) is 0 Å². The predicted octanol–water partition coefficient (Wildman–Crippen LogP) is -0.277. The summed E-state index contributed by atoms with van der Waals surface area (Å²) in [4.78, 5) is 70.6. The second-order valence-electron chi connectivity index (χ2n) is 10.8. The van der Waals surface area contributed by atoms with Gasteiger partial charge in [0, 0.05) is 47.2 Å². The van der Waals surface area contributed by atoms with Crippen LogP contribution < -0.4 is 16.0 Å². The first-order valence-electron chi connectivity index (χ1n) is 14.5. The molecule has 0 aromatic rings. The normalized spacial score (nSPS) is 21.2. The summed E-state index contributed by atoms with van der Waals surface area (Å²) < 4.78 is 43.5. The molecule has 1 fully saturated rings. The molecule has 1 heterocycles. The topological polar surface area (TPSA) is 212 Å². The summed E-state index contributed by atoms with van der Waals surface area (Å²) in [5.74, 6) is -2.77. The molecule has 3 N–H and O–H groups in total. The molecule has 0 spiro atoms. The zero-order valence-corrected chi connectivity index (χ0v) is 27.0. The molecular weight excluding hydrogens is 602 g/mol. The summed E-state index contributed by atoms with van der Waals surface area (Å²) in [5, 5.41) is 7.80. The quantitative estimate of drug-likeness (QED) is 0.0991. The molecule has 5 atom stereocenters. The van der Waals surface area contributed by atoms with Crippen LogP contribution >= 0.6 is 0 Å². The third-order valence-electron chi connectivity index (χ3n) is 5.54. The summed E-state index contributed by atoms with van der Waals surface area (Å²) in [6.07, 6.45) is -5.15. The highest BCUT2D eigenvalue weighted by Crippen LogP contribution is 2.28. The van der Waals surface area contributed by atoms with Crippen molar-refractivity contribution < 1.29 is 66.7 Å². The highest BCUT2D eigenvalue weighted by Gasteiger charge is 2.51. The van der Waals surface area contributed by atoms with Gasteiger partial charge in [0.25, 0.3) is 0 Å². The molecule has 17 heteroatoms. The Hall–Kier alpha value is -3.54. The number of carbonyl (C=O) groups is 6. The highest BCUT2D eigenvalue weighted by atomic mass is 16.7. The number of carbonyl (C=O) groups excluding carboxylic acids is 6. The molecular formula is C28H47N3O14. The van der Waals surface area contributed by atoms with Crippen molar-refractivity contribution >= 4 is 35.8 Å². The molecule has 3 amide bonds. The van der Waals surface area contributed by atoms with Gasteiger partial charge in [-0.25, -0.2) is 4.79 Å². The van der Waals surface area contributed by atoms with Gasteiger partial charge < -0.3 is 53.8 Å². The molecule has 258 valence electrons. The second kappa shape index (κ2) is 20.5. The standard InChI is InChI=1S/C28H47N3O14/c1-17(32)31-23-25(43-20(4)35)24(42-19(3)34)21(16-41-18(2)33)44-26(23)40-15-14-39-13-12-38-11-8-22(36)29-9-10-30-27(37)45-28(5,6)7/h21,23-26H,8-16H2,1-7H3,(H,29,36)(H,30,37)(H,31,32). The fourth-order valence-electron chi connectivity index (χ4n) is 3.91. The van der Waals surface area contributed by atoms with E-state index in [1.54, 1.807) is 20.8 Å². The number of esters is 3. The number of hydrogen-bond acceptors (Lipinski definition) is 14. The maximum absolute atomic E-state index is 12.0. The number of alkyl carbamates (subject to hydrolysis) is 1. The Bertz CT molecular complexity index is 986. The van der Waals surface area contributed by atoms with E-state index in [1.807, 2.05) is 0 Å². The summed E-state index contributed by atoms with van der Waals surface area (Å²) in [5.41, 5.74) is -0.605. The molecule has 1 saturated heterocycles. The zero-order valence-electron chi connectivity index (χ0n) is 27.0. The van der Waals surface area contributed by atoms with Gasteiger partial charge in [-0.3, -0.25) is 24.0 Å². The van der Waals surface area contributed by atoms with Gasteiger partial charge in [-0.05, 0) is 20.8 Å². The minimum Gasteiger partial charge on any atom is -0.463 e. The van der Waals surface area contributed by atoms with Crippen LogP contribution in [0, 0.1) is 0 Å². The fourth-order valence-corrected chi connectivity index (χ4v) is 3.91. The molecule has 0 saturated carbocycles. The maximum atomic E-state index is 12.0. The van der Waals surface area contributed by atoms with E-state index in [1.165, 1.54) is 13.8 Å². The van der Waals surface area contributed by atoms with Crippen LogP contribution in [0.15, 0.2) is 0 Å². The molecule has 0 bridgehead atoms. The molecule has 0 radical (unpaired) electrons. The molecule has 1 aliphatic rings. The average Bonchev–Trinajstić information content (AvgIpc) is 2.90. The average molecular weight is 650 g/mol. The van der Waals surface area contributed by atoms with Crippen LogP contribution in [0.3, 0.4) is 0 Å². The summed E-state index contributed by atoms with van der Waals surface area (Å²) in [7, 11) is 0. The predicted molar refractivity (Wildman–Crippen MR) is 153 cm³/mol. The molecule has 1 aliphatic heterocycles. The molecule has 45 heavy (non-hydrogen) atoms. The molecule has 5 unspecified atom stereocenters. The van der Waals surface area contributed by atoms with Gasteiger partial charge in [0.15, 0.2) is 18.5 Å². The Kier molecular flexibility index (Phi) is 18.0. The monoisotopic (exact) mass is 649 g/mol. The lowest BCUT2D eigenvalue weighted by atomic mass is 9.96. The van der Waals surface area contributed by atoms with Crippen LogP contribution in [0.5, 0.6) is 0 Å². The minimum atomic E-state index is -1.22. The summed E-state index contributed by atoms with van der Waals surface area (Å²) in [6.45, 7) is 10.7. The van der Waals surface area contributed by atoms with Crippen molar-refractivity contribution in [2.24, 2.45) is 0 Å². The molecule has 17 nitrogen and oxygen atoms in total. The van der Waals surface area contributed by atoms with Crippen molar-refractivity contribution in [3.8, 4) is 0 Å². The molecule has 0 aliphatic carbocycles. The van der Waals surface area contributed by atoms with Gasteiger partial charge in [-0.2, -0.15) is 0 Å². The SMILES string of the molecule is CC(=O)NC1C(OCCOCCOCCC(=O)NCCNC(=O)OC(C)(C)C)OC(COC(C)=O)C(OC(C)=O)C1OC(C)=O. The van der Waals surface area contributed by atoms with Crippen molar-refractivity contribution in [3.63, 3.8) is 0 Å².